The second kappa shape index (κ2) is 5.08. The molecule has 1 aromatic rings. The molecule has 2 aliphatic rings. The Labute approximate surface area is 120 Å². The van der Waals surface area contributed by atoms with E-state index < -0.39 is 12.0 Å². The van der Waals surface area contributed by atoms with Gasteiger partial charge in [-0.1, -0.05) is 6.07 Å². The smallest absolute Gasteiger partial charge is 0.339 e. The summed E-state index contributed by atoms with van der Waals surface area (Å²) >= 11 is 0. The average Bonchev–Trinajstić information content (AvgIpc) is 2.91. The maximum absolute atomic E-state index is 12.5. The molecule has 21 heavy (non-hydrogen) atoms. The van der Waals surface area contributed by atoms with E-state index in [2.05, 4.69) is 5.32 Å². The van der Waals surface area contributed by atoms with E-state index in [0.29, 0.717) is 25.1 Å². The monoisotopic (exact) mass is 290 g/mol. The predicted octanol–water partition coefficient (Wildman–Crippen LogP) is 0.389. The van der Waals surface area contributed by atoms with Gasteiger partial charge in [0, 0.05) is 6.42 Å². The number of hydrogen-bond donors (Lipinski definition) is 2. The number of rotatable bonds is 2. The molecule has 3 rings (SSSR count). The average molecular weight is 290 g/mol. The molecule has 7 nitrogen and oxygen atoms in total. The Bertz CT molecular complexity index is 628. The molecule has 0 saturated carbocycles. The van der Waals surface area contributed by atoms with Crippen LogP contribution in [0.3, 0.4) is 0 Å². The zero-order valence-electron chi connectivity index (χ0n) is 11.2. The third-order valence-electron chi connectivity index (χ3n) is 3.64. The Morgan fingerprint density at radius 2 is 2.19 bits per heavy atom. The third-order valence-corrected chi connectivity index (χ3v) is 3.64. The van der Waals surface area contributed by atoms with E-state index >= 15 is 0 Å². The Hall–Kier alpha value is -2.57. The van der Waals surface area contributed by atoms with Gasteiger partial charge in [-0.05, 0) is 18.6 Å². The maximum atomic E-state index is 12.5. The normalized spacial score (nSPS) is 20.5. The van der Waals surface area contributed by atoms with Crippen molar-refractivity contribution in [2.75, 3.05) is 18.1 Å². The number of carbonyl (C=O) groups is 3. The largest absolute Gasteiger partial charge is 0.489 e. The summed E-state index contributed by atoms with van der Waals surface area (Å²) in [6, 6.07) is 4.11. The van der Waals surface area contributed by atoms with Crippen LogP contribution in [0.4, 0.5) is 5.69 Å². The van der Waals surface area contributed by atoms with E-state index in [1.54, 1.807) is 12.1 Å². The molecule has 1 atom stereocenters. The molecule has 1 fully saturated rings. The number of aromatic carboxylic acids is 1. The molecule has 0 aromatic heterocycles. The van der Waals surface area contributed by atoms with E-state index in [-0.39, 0.29) is 29.7 Å². The minimum atomic E-state index is -1.10. The van der Waals surface area contributed by atoms with Gasteiger partial charge < -0.3 is 20.1 Å². The van der Waals surface area contributed by atoms with Gasteiger partial charge in [-0.15, -0.1) is 0 Å². The number of anilines is 1. The molecular formula is C14H14N2O5. The van der Waals surface area contributed by atoms with Gasteiger partial charge in [-0.2, -0.15) is 0 Å². The van der Waals surface area contributed by atoms with Crippen molar-refractivity contribution in [2.45, 2.75) is 18.9 Å². The molecule has 0 spiro atoms. The van der Waals surface area contributed by atoms with Gasteiger partial charge in [0.2, 0.25) is 11.8 Å². The fourth-order valence-electron chi connectivity index (χ4n) is 2.63. The second-order valence-electron chi connectivity index (χ2n) is 4.96. The molecule has 2 aliphatic heterocycles. The SMILES string of the molecule is O=C1CC[C@H](C(=O)N2CCOc3c(C(=O)O)cccc32)N1. The standard InChI is InChI=1S/C14H14N2O5/c17-11-5-4-9(15-11)13(18)16-6-7-21-12-8(14(19)20)2-1-3-10(12)16/h1-3,9H,4-7H2,(H,15,17)(H,19,20)/t9-/m1/s1. The number of carboxylic acid groups (broad SMARTS) is 1. The summed E-state index contributed by atoms with van der Waals surface area (Å²) < 4.78 is 5.42. The van der Waals surface area contributed by atoms with Gasteiger partial charge in [0.15, 0.2) is 5.75 Å². The molecule has 2 amide bonds. The van der Waals surface area contributed by atoms with E-state index in [4.69, 9.17) is 4.74 Å². The summed E-state index contributed by atoms with van der Waals surface area (Å²) in [5.41, 5.74) is 0.466. The van der Waals surface area contributed by atoms with Crippen LogP contribution in [0.1, 0.15) is 23.2 Å². The number of carbonyl (C=O) groups excluding carboxylic acids is 2. The lowest BCUT2D eigenvalue weighted by molar-refractivity contribution is -0.124. The molecule has 0 aliphatic carbocycles. The minimum Gasteiger partial charge on any atom is -0.489 e. The summed E-state index contributed by atoms with van der Waals surface area (Å²) in [5, 5.41) is 11.8. The molecule has 0 bridgehead atoms. The third kappa shape index (κ3) is 2.31. The first-order valence-electron chi connectivity index (χ1n) is 6.68. The van der Waals surface area contributed by atoms with Crippen LogP contribution in [0.2, 0.25) is 0 Å². The molecule has 2 N–H and O–H groups in total. The summed E-state index contributed by atoms with van der Waals surface area (Å²) in [5.74, 6) is -1.27. The lowest BCUT2D eigenvalue weighted by Crippen LogP contribution is -2.47. The van der Waals surface area contributed by atoms with Crippen molar-refractivity contribution in [3.05, 3.63) is 23.8 Å². The Morgan fingerprint density at radius 1 is 1.38 bits per heavy atom. The maximum Gasteiger partial charge on any atom is 0.339 e. The van der Waals surface area contributed by atoms with Crippen LogP contribution in [0.25, 0.3) is 0 Å². The highest BCUT2D eigenvalue weighted by Crippen LogP contribution is 2.35. The number of benzene rings is 1. The quantitative estimate of drug-likeness (QED) is 0.821. The van der Waals surface area contributed by atoms with Gasteiger partial charge in [0.1, 0.15) is 18.2 Å². The summed E-state index contributed by atoms with van der Waals surface area (Å²) in [6.45, 7) is 0.560. The van der Waals surface area contributed by atoms with Crippen LogP contribution in [-0.4, -0.2) is 42.1 Å². The second-order valence-corrected chi connectivity index (χ2v) is 4.96. The molecule has 0 radical (unpaired) electrons. The van der Waals surface area contributed by atoms with Crippen LogP contribution in [0.5, 0.6) is 5.75 Å². The van der Waals surface area contributed by atoms with E-state index in [1.807, 2.05) is 0 Å². The van der Waals surface area contributed by atoms with E-state index in [1.165, 1.54) is 11.0 Å². The number of ether oxygens (including phenoxy) is 1. The number of para-hydroxylation sites is 1. The zero-order valence-corrected chi connectivity index (χ0v) is 11.2. The molecule has 7 heteroatoms. The van der Waals surface area contributed by atoms with Crippen molar-refractivity contribution in [3.63, 3.8) is 0 Å². The van der Waals surface area contributed by atoms with Crippen molar-refractivity contribution < 1.29 is 24.2 Å². The van der Waals surface area contributed by atoms with Crippen LogP contribution in [0.15, 0.2) is 18.2 Å². The molecule has 0 unspecified atom stereocenters. The summed E-state index contributed by atoms with van der Waals surface area (Å²) in [4.78, 5) is 36.4. The zero-order chi connectivity index (χ0) is 15.0. The highest BCUT2D eigenvalue weighted by atomic mass is 16.5. The first-order chi connectivity index (χ1) is 10.1. The van der Waals surface area contributed by atoms with Crippen LogP contribution < -0.4 is 15.0 Å². The van der Waals surface area contributed by atoms with Gasteiger partial charge in [0.05, 0.1) is 12.2 Å². The van der Waals surface area contributed by atoms with Gasteiger partial charge in [-0.3, -0.25) is 9.59 Å². The first-order valence-corrected chi connectivity index (χ1v) is 6.68. The van der Waals surface area contributed by atoms with Crippen molar-refractivity contribution in [1.82, 2.24) is 5.32 Å². The summed E-state index contributed by atoms with van der Waals surface area (Å²) in [6.07, 6.45) is 0.797. The lowest BCUT2D eigenvalue weighted by atomic mass is 10.1. The van der Waals surface area contributed by atoms with Crippen molar-refractivity contribution >= 4 is 23.5 Å². The molecular weight excluding hydrogens is 276 g/mol. The molecule has 1 saturated heterocycles. The highest BCUT2D eigenvalue weighted by Gasteiger charge is 2.34. The number of hydrogen-bond acceptors (Lipinski definition) is 4. The van der Waals surface area contributed by atoms with Gasteiger partial charge in [0.25, 0.3) is 0 Å². The van der Waals surface area contributed by atoms with Crippen molar-refractivity contribution in [3.8, 4) is 5.75 Å². The van der Waals surface area contributed by atoms with Gasteiger partial charge in [-0.25, -0.2) is 4.79 Å². The highest BCUT2D eigenvalue weighted by molar-refractivity contribution is 6.04. The summed E-state index contributed by atoms with van der Waals surface area (Å²) in [7, 11) is 0. The number of nitrogens with zero attached hydrogens (tertiary/aromatic N) is 1. The molecule has 2 heterocycles. The Kier molecular flexibility index (Phi) is 3.25. The van der Waals surface area contributed by atoms with Crippen molar-refractivity contribution in [2.24, 2.45) is 0 Å². The number of fused-ring (bicyclic) bond motifs is 1. The van der Waals surface area contributed by atoms with Crippen LogP contribution >= 0.6 is 0 Å². The minimum absolute atomic E-state index is 0.0282. The topological polar surface area (TPSA) is 95.9 Å². The van der Waals surface area contributed by atoms with E-state index in [9.17, 15) is 19.5 Å². The fourth-order valence-corrected chi connectivity index (χ4v) is 2.63. The van der Waals surface area contributed by atoms with Crippen molar-refractivity contribution in [1.29, 1.82) is 0 Å². The lowest BCUT2D eigenvalue weighted by Gasteiger charge is -2.31. The Balaban J connectivity index is 1.94. The molecule has 110 valence electrons. The number of amides is 2. The first kappa shape index (κ1) is 13.4. The fraction of sp³-hybridized carbons (Fsp3) is 0.357. The van der Waals surface area contributed by atoms with Crippen LogP contribution in [-0.2, 0) is 9.59 Å². The molecule has 1 aromatic carbocycles. The van der Waals surface area contributed by atoms with Crippen LogP contribution in [0, 0.1) is 0 Å². The predicted molar refractivity (Wildman–Crippen MR) is 72.4 cm³/mol. The van der Waals surface area contributed by atoms with Gasteiger partial charge >= 0.3 is 5.97 Å². The number of nitrogens with one attached hydrogen (secondary N) is 1. The van der Waals surface area contributed by atoms with E-state index in [0.717, 1.165) is 0 Å². The Morgan fingerprint density at radius 3 is 2.86 bits per heavy atom. The number of carboxylic acids is 1.